The number of pyridine rings is 1. The van der Waals surface area contributed by atoms with Gasteiger partial charge in [0.1, 0.15) is 11.3 Å². The fourth-order valence-corrected chi connectivity index (χ4v) is 2.58. The molecule has 1 N–H and O–H groups in total. The van der Waals surface area contributed by atoms with Crippen molar-refractivity contribution in [3.8, 4) is 0 Å². The molecular weight excluding hydrogens is 363 g/mol. The van der Waals surface area contributed by atoms with Gasteiger partial charge in [-0.25, -0.2) is 9.78 Å². The van der Waals surface area contributed by atoms with Crippen LogP contribution in [0.25, 0.3) is 5.57 Å². The molecule has 1 aliphatic rings. The summed E-state index contributed by atoms with van der Waals surface area (Å²) in [5, 5.41) is 2.16. The zero-order valence-corrected chi connectivity index (χ0v) is 15.6. The summed E-state index contributed by atoms with van der Waals surface area (Å²) in [7, 11) is 1.24. The highest BCUT2D eigenvalue weighted by atomic mass is 19.4. The van der Waals surface area contributed by atoms with E-state index in [1.54, 1.807) is 26.8 Å². The van der Waals surface area contributed by atoms with Crippen molar-refractivity contribution >= 4 is 17.6 Å². The Balaban J connectivity index is 2.25. The van der Waals surface area contributed by atoms with Crippen LogP contribution in [0.3, 0.4) is 0 Å². The van der Waals surface area contributed by atoms with E-state index in [1.807, 2.05) is 0 Å². The van der Waals surface area contributed by atoms with Crippen LogP contribution in [0.4, 0.5) is 18.0 Å². The number of halogens is 3. The molecule has 27 heavy (non-hydrogen) atoms. The summed E-state index contributed by atoms with van der Waals surface area (Å²) < 4.78 is 45.2. The maximum atomic E-state index is 13.3. The van der Waals surface area contributed by atoms with Gasteiger partial charge in [0.15, 0.2) is 0 Å². The van der Waals surface area contributed by atoms with E-state index in [4.69, 9.17) is 4.74 Å². The number of ether oxygens (including phenoxy) is 1. The van der Waals surface area contributed by atoms with E-state index in [2.05, 4.69) is 10.3 Å². The van der Waals surface area contributed by atoms with Gasteiger partial charge < -0.3 is 15.0 Å². The third-order valence-electron chi connectivity index (χ3n) is 3.87. The number of hydrogen-bond acceptors (Lipinski definition) is 4. The van der Waals surface area contributed by atoms with Crippen molar-refractivity contribution in [3.05, 3.63) is 35.2 Å². The lowest BCUT2D eigenvalue weighted by Crippen LogP contribution is -2.39. The predicted molar refractivity (Wildman–Crippen MR) is 93.0 cm³/mol. The first-order valence-electron chi connectivity index (χ1n) is 8.39. The molecule has 0 saturated carbocycles. The van der Waals surface area contributed by atoms with Crippen molar-refractivity contribution in [2.45, 2.75) is 39.0 Å². The third kappa shape index (κ3) is 5.21. The molecule has 6 nitrogen and oxygen atoms in total. The number of rotatable bonds is 2. The Morgan fingerprint density at radius 1 is 1.26 bits per heavy atom. The van der Waals surface area contributed by atoms with Crippen LogP contribution < -0.4 is 5.32 Å². The quantitative estimate of drug-likeness (QED) is 0.846. The summed E-state index contributed by atoms with van der Waals surface area (Å²) in [6, 6.07) is 0.923. The van der Waals surface area contributed by atoms with Gasteiger partial charge in [0.05, 0.1) is 5.56 Å². The van der Waals surface area contributed by atoms with Crippen LogP contribution in [0.5, 0.6) is 0 Å². The highest BCUT2D eigenvalue weighted by molar-refractivity contribution is 5.94. The SMILES string of the molecule is CNC(=O)c1ncc(C2=CCN(C(=O)OC(C)(C)C)CC2)cc1C(F)(F)F. The number of amides is 2. The van der Waals surface area contributed by atoms with Gasteiger partial charge in [-0.1, -0.05) is 6.08 Å². The van der Waals surface area contributed by atoms with Crippen LogP contribution in [0, 0.1) is 0 Å². The minimum Gasteiger partial charge on any atom is -0.444 e. The first-order valence-corrected chi connectivity index (χ1v) is 8.39. The molecule has 1 aromatic heterocycles. The molecule has 148 valence electrons. The molecule has 0 fully saturated rings. The number of carbonyl (C=O) groups is 2. The normalized spacial score (nSPS) is 15.2. The van der Waals surface area contributed by atoms with Crippen molar-refractivity contribution in [1.82, 2.24) is 15.2 Å². The molecule has 1 aliphatic heterocycles. The molecule has 0 unspecified atom stereocenters. The first kappa shape index (κ1) is 20.7. The fourth-order valence-electron chi connectivity index (χ4n) is 2.58. The predicted octanol–water partition coefficient (Wildman–Crippen LogP) is 3.48. The van der Waals surface area contributed by atoms with E-state index < -0.39 is 35.0 Å². The van der Waals surface area contributed by atoms with Crippen LogP contribution in [-0.2, 0) is 10.9 Å². The second-order valence-electron chi connectivity index (χ2n) is 7.10. The number of carbonyl (C=O) groups excluding carboxylic acids is 2. The molecule has 0 aliphatic carbocycles. The van der Waals surface area contributed by atoms with Crippen LogP contribution in [0.1, 0.15) is 48.8 Å². The van der Waals surface area contributed by atoms with Crippen LogP contribution >= 0.6 is 0 Å². The van der Waals surface area contributed by atoms with E-state index in [-0.39, 0.29) is 12.1 Å². The average Bonchev–Trinajstić information content (AvgIpc) is 2.58. The smallest absolute Gasteiger partial charge is 0.418 e. The molecule has 2 heterocycles. The van der Waals surface area contributed by atoms with Gasteiger partial charge in [-0.3, -0.25) is 4.79 Å². The van der Waals surface area contributed by atoms with Crippen LogP contribution in [0.15, 0.2) is 18.3 Å². The summed E-state index contributed by atoms with van der Waals surface area (Å²) in [5.41, 5.74) is -1.46. The lowest BCUT2D eigenvalue weighted by Gasteiger charge is -2.29. The van der Waals surface area contributed by atoms with Crippen molar-refractivity contribution in [2.24, 2.45) is 0 Å². The Morgan fingerprint density at radius 2 is 1.93 bits per heavy atom. The topological polar surface area (TPSA) is 71.5 Å². The zero-order chi connectivity index (χ0) is 20.4. The van der Waals surface area contributed by atoms with Crippen LogP contribution in [-0.4, -0.2) is 47.6 Å². The monoisotopic (exact) mass is 385 g/mol. The van der Waals surface area contributed by atoms with E-state index in [9.17, 15) is 22.8 Å². The van der Waals surface area contributed by atoms with Crippen molar-refractivity contribution in [2.75, 3.05) is 20.1 Å². The zero-order valence-electron chi connectivity index (χ0n) is 15.6. The molecule has 0 spiro atoms. The molecular formula is C18H22F3N3O3. The van der Waals surface area contributed by atoms with Gasteiger partial charge in [0.25, 0.3) is 5.91 Å². The standard InChI is InChI=1S/C18H22F3N3O3/c1-17(2,3)27-16(26)24-7-5-11(6-8-24)12-9-13(18(19,20)21)14(23-10-12)15(25)22-4/h5,9-10H,6-8H2,1-4H3,(H,22,25). The molecule has 1 aromatic rings. The molecule has 2 rings (SSSR count). The third-order valence-corrected chi connectivity index (χ3v) is 3.87. The summed E-state index contributed by atoms with van der Waals surface area (Å²) >= 11 is 0. The number of aromatic nitrogens is 1. The van der Waals surface area contributed by atoms with E-state index in [0.29, 0.717) is 18.5 Å². The molecule has 0 bridgehead atoms. The van der Waals surface area contributed by atoms with Gasteiger partial charge in [0.2, 0.25) is 0 Å². The van der Waals surface area contributed by atoms with Crippen LogP contribution in [0.2, 0.25) is 0 Å². The maximum absolute atomic E-state index is 13.3. The van der Waals surface area contributed by atoms with Crippen molar-refractivity contribution in [1.29, 1.82) is 0 Å². The number of hydrogen-bond donors (Lipinski definition) is 1. The van der Waals surface area contributed by atoms with Gasteiger partial charge in [-0.05, 0) is 44.4 Å². The maximum Gasteiger partial charge on any atom is 0.418 e. The Morgan fingerprint density at radius 3 is 2.41 bits per heavy atom. The van der Waals surface area contributed by atoms with E-state index >= 15 is 0 Å². The van der Waals surface area contributed by atoms with Gasteiger partial charge in [-0.2, -0.15) is 13.2 Å². The van der Waals surface area contributed by atoms with Crippen molar-refractivity contribution in [3.63, 3.8) is 0 Å². The van der Waals surface area contributed by atoms with E-state index in [1.165, 1.54) is 18.1 Å². The second-order valence-corrected chi connectivity index (χ2v) is 7.10. The largest absolute Gasteiger partial charge is 0.444 e. The molecule has 0 atom stereocenters. The minimum absolute atomic E-state index is 0.225. The highest BCUT2D eigenvalue weighted by Crippen LogP contribution is 2.34. The second kappa shape index (κ2) is 7.58. The molecule has 0 saturated heterocycles. The molecule has 9 heteroatoms. The first-order chi connectivity index (χ1) is 12.4. The lowest BCUT2D eigenvalue weighted by molar-refractivity contribution is -0.138. The van der Waals surface area contributed by atoms with Gasteiger partial charge in [0, 0.05) is 26.3 Å². The number of alkyl halides is 3. The summed E-state index contributed by atoms with van der Waals surface area (Å²) in [5.74, 6) is -0.900. The summed E-state index contributed by atoms with van der Waals surface area (Å²) in [6.45, 7) is 5.82. The van der Waals surface area contributed by atoms with Gasteiger partial charge >= 0.3 is 12.3 Å². The Kier molecular flexibility index (Phi) is 5.82. The summed E-state index contributed by atoms with van der Waals surface area (Å²) in [4.78, 5) is 28.9. The lowest BCUT2D eigenvalue weighted by atomic mass is 9.98. The number of nitrogens with zero attached hydrogens (tertiary/aromatic N) is 2. The Labute approximate surface area is 155 Å². The Bertz CT molecular complexity index is 767. The molecule has 2 amide bonds. The molecule has 0 radical (unpaired) electrons. The van der Waals surface area contributed by atoms with Gasteiger partial charge in [-0.15, -0.1) is 0 Å². The Hall–Kier alpha value is -2.58. The molecule has 0 aromatic carbocycles. The van der Waals surface area contributed by atoms with Crippen molar-refractivity contribution < 1.29 is 27.5 Å². The fraction of sp³-hybridized carbons (Fsp3) is 0.500. The number of nitrogens with one attached hydrogen (secondary N) is 1. The summed E-state index contributed by atoms with van der Waals surface area (Å²) in [6.07, 6.45) is -1.90. The minimum atomic E-state index is -4.71. The highest BCUT2D eigenvalue weighted by Gasteiger charge is 2.37. The van der Waals surface area contributed by atoms with E-state index in [0.717, 1.165) is 6.07 Å². The average molecular weight is 385 g/mol.